The van der Waals surface area contributed by atoms with Gasteiger partial charge in [-0.25, -0.2) is 4.98 Å². The fourth-order valence-corrected chi connectivity index (χ4v) is 4.45. The summed E-state index contributed by atoms with van der Waals surface area (Å²) in [6.07, 6.45) is 3.90. The highest BCUT2D eigenvalue weighted by molar-refractivity contribution is 7.18. The maximum Gasteiger partial charge on any atom is 0.262 e. The van der Waals surface area contributed by atoms with E-state index in [2.05, 4.69) is 11.6 Å². The number of benzene rings is 1. The van der Waals surface area contributed by atoms with Gasteiger partial charge in [0, 0.05) is 18.0 Å². The molecule has 1 aliphatic heterocycles. The molecule has 1 amide bonds. The number of allylic oxidation sites excluding steroid dienone is 1. The minimum atomic E-state index is -0.0565. The Hall–Kier alpha value is -2.93. The Kier molecular flexibility index (Phi) is 4.77. The maximum absolute atomic E-state index is 12.7. The maximum atomic E-state index is 12.7. The first kappa shape index (κ1) is 17.5. The molecule has 2 aromatic heterocycles. The van der Waals surface area contributed by atoms with E-state index in [9.17, 15) is 9.59 Å². The third-order valence-electron chi connectivity index (χ3n) is 4.61. The minimum absolute atomic E-state index is 0.00856. The summed E-state index contributed by atoms with van der Waals surface area (Å²) in [7, 11) is 0. The van der Waals surface area contributed by atoms with Crippen molar-refractivity contribution in [2.24, 2.45) is 0 Å². The lowest BCUT2D eigenvalue weighted by atomic mass is 10.1. The summed E-state index contributed by atoms with van der Waals surface area (Å²) in [5, 5.41) is 0.687. The molecule has 0 saturated heterocycles. The van der Waals surface area contributed by atoms with Gasteiger partial charge in [0.15, 0.2) is 6.61 Å². The lowest BCUT2D eigenvalue weighted by Gasteiger charge is -2.26. The Morgan fingerprint density at radius 3 is 2.93 bits per heavy atom. The number of aromatic nitrogens is 2. The van der Waals surface area contributed by atoms with Crippen molar-refractivity contribution in [3.05, 3.63) is 70.1 Å². The number of rotatable bonds is 5. The zero-order valence-corrected chi connectivity index (χ0v) is 15.6. The second-order valence-corrected chi connectivity index (χ2v) is 7.43. The molecule has 0 N–H and O–H groups in total. The molecule has 0 spiro atoms. The van der Waals surface area contributed by atoms with Crippen LogP contribution in [0.25, 0.3) is 10.2 Å². The molecule has 138 valence electrons. The van der Waals surface area contributed by atoms with E-state index in [0.29, 0.717) is 37.2 Å². The van der Waals surface area contributed by atoms with E-state index in [1.165, 1.54) is 11.3 Å². The van der Waals surface area contributed by atoms with Crippen molar-refractivity contribution in [1.29, 1.82) is 0 Å². The number of nitrogens with zero attached hydrogens (tertiary/aromatic N) is 3. The van der Waals surface area contributed by atoms with Gasteiger partial charge in [-0.3, -0.25) is 14.2 Å². The topological polar surface area (TPSA) is 64.4 Å². The number of ether oxygens (including phenoxy) is 1. The van der Waals surface area contributed by atoms with Gasteiger partial charge in [-0.1, -0.05) is 24.3 Å². The van der Waals surface area contributed by atoms with Gasteiger partial charge in [0.1, 0.15) is 10.6 Å². The van der Waals surface area contributed by atoms with Crippen LogP contribution in [0.5, 0.6) is 5.75 Å². The Morgan fingerprint density at radius 1 is 1.33 bits per heavy atom. The largest absolute Gasteiger partial charge is 0.484 e. The Labute approximate surface area is 160 Å². The number of hydrogen-bond donors (Lipinski definition) is 0. The van der Waals surface area contributed by atoms with Gasteiger partial charge < -0.3 is 9.64 Å². The van der Waals surface area contributed by atoms with Gasteiger partial charge in [0.2, 0.25) is 0 Å². The van der Waals surface area contributed by atoms with Crippen molar-refractivity contribution >= 4 is 27.5 Å². The van der Waals surface area contributed by atoms with Crippen molar-refractivity contribution in [3.63, 3.8) is 0 Å². The fourth-order valence-electron chi connectivity index (χ4n) is 3.25. The number of para-hydroxylation sites is 1. The van der Waals surface area contributed by atoms with Gasteiger partial charge in [-0.05, 0) is 24.1 Å². The zero-order chi connectivity index (χ0) is 18.8. The molecular weight excluding hydrogens is 362 g/mol. The summed E-state index contributed by atoms with van der Waals surface area (Å²) in [4.78, 5) is 33.2. The average molecular weight is 381 g/mol. The molecule has 1 aliphatic rings. The SMILES string of the molecule is C=CCn1cnc2sc3c(c2c1=O)CCN(C(=O)COc1ccccc1)C3. The highest BCUT2D eigenvalue weighted by Crippen LogP contribution is 2.32. The van der Waals surface area contributed by atoms with Gasteiger partial charge in [0.25, 0.3) is 11.5 Å². The van der Waals surface area contributed by atoms with Crippen LogP contribution in [0.3, 0.4) is 0 Å². The molecule has 0 fully saturated rings. The van der Waals surface area contributed by atoms with E-state index in [-0.39, 0.29) is 18.1 Å². The summed E-state index contributed by atoms with van der Waals surface area (Å²) >= 11 is 1.49. The summed E-state index contributed by atoms with van der Waals surface area (Å²) in [5.74, 6) is 0.622. The highest BCUT2D eigenvalue weighted by Gasteiger charge is 2.26. The predicted octanol–water partition coefficient (Wildman–Crippen LogP) is 2.61. The van der Waals surface area contributed by atoms with Crippen LogP contribution in [-0.4, -0.2) is 33.5 Å². The monoisotopic (exact) mass is 381 g/mol. The van der Waals surface area contributed by atoms with E-state index in [4.69, 9.17) is 4.74 Å². The lowest BCUT2D eigenvalue weighted by Crippen LogP contribution is -2.38. The minimum Gasteiger partial charge on any atom is -0.484 e. The average Bonchev–Trinajstić information content (AvgIpc) is 3.07. The van der Waals surface area contributed by atoms with E-state index >= 15 is 0 Å². The van der Waals surface area contributed by atoms with Crippen LogP contribution in [0.4, 0.5) is 0 Å². The molecule has 0 aliphatic carbocycles. The first-order valence-electron chi connectivity index (χ1n) is 8.73. The van der Waals surface area contributed by atoms with Crippen molar-refractivity contribution in [2.45, 2.75) is 19.5 Å². The van der Waals surface area contributed by atoms with Crippen molar-refractivity contribution < 1.29 is 9.53 Å². The molecule has 27 heavy (non-hydrogen) atoms. The smallest absolute Gasteiger partial charge is 0.262 e. The molecule has 0 unspecified atom stereocenters. The first-order chi connectivity index (χ1) is 13.2. The standard InChI is InChI=1S/C20H19N3O3S/c1-2-9-23-13-21-19-18(20(23)25)15-8-10-22(11-16(15)27-19)17(24)12-26-14-6-4-3-5-7-14/h2-7,13H,1,8-12H2. The van der Waals surface area contributed by atoms with Crippen LogP contribution in [0.1, 0.15) is 10.4 Å². The van der Waals surface area contributed by atoms with Gasteiger partial charge in [-0.15, -0.1) is 17.9 Å². The first-order valence-corrected chi connectivity index (χ1v) is 9.55. The van der Waals surface area contributed by atoms with Crippen molar-refractivity contribution in [2.75, 3.05) is 13.2 Å². The molecule has 0 bridgehead atoms. The zero-order valence-electron chi connectivity index (χ0n) is 14.8. The predicted molar refractivity (Wildman–Crippen MR) is 105 cm³/mol. The Morgan fingerprint density at radius 2 is 2.15 bits per heavy atom. The highest BCUT2D eigenvalue weighted by atomic mass is 32.1. The van der Waals surface area contributed by atoms with E-state index in [1.54, 1.807) is 21.9 Å². The number of carbonyl (C=O) groups is 1. The molecule has 1 aromatic carbocycles. The third-order valence-corrected chi connectivity index (χ3v) is 5.74. The van der Waals surface area contributed by atoms with Crippen LogP contribution in [-0.2, 0) is 24.3 Å². The summed E-state index contributed by atoms with van der Waals surface area (Å²) in [6.45, 7) is 5.20. The van der Waals surface area contributed by atoms with Gasteiger partial charge in [0.05, 0.1) is 18.3 Å². The van der Waals surface area contributed by atoms with Crippen molar-refractivity contribution in [1.82, 2.24) is 14.5 Å². The quantitative estimate of drug-likeness (QED) is 0.638. The van der Waals surface area contributed by atoms with Gasteiger partial charge >= 0.3 is 0 Å². The summed E-state index contributed by atoms with van der Waals surface area (Å²) < 4.78 is 7.13. The molecule has 4 rings (SSSR count). The van der Waals surface area contributed by atoms with Crippen LogP contribution >= 0.6 is 11.3 Å². The van der Waals surface area contributed by atoms with Crippen LogP contribution in [0.2, 0.25) is 0 Å². The van der Waals surface area contributed by atoms with E-state index < -0.39 is 0 Å². The van der Waals surface area contributed by atoms with Crippen LogP contribution in [0, 0.1) is 0 Å². The summed E-state index contributed by atoms with van der Waals surface area (Å²) in [5.41, 5.74) is 0.989. The number of hydrogen-bond acceptors (Lipinski definition) is 5. The molecule has 7 heteroatoms. The van der Waals surface area contributed by atoms with E-state index in [0.717, 1.165) is 15.3 Å². The third kappa shape index (κ3) is 3.38. The molecule has 0 radical (unpaired) electrons. The van der Waals surface area contributed by atoms with Crippen LogP contribution < -0.4 is 10.3 Å². The number of carbonyl (C=O) groups excluding carboxylic acids is 1. The second-order valence-electron chi connectivity index (χ2n) is 6.34. The molecule has 3 heterocycles. The molecule has 3 aromatic rings. The molecule has 0 saturated carbocycles. The van der Waals surface area contributed by atoms with E-state index in [1.807, 2.05) is 30.3 Å². The Bertz CT molecular complexity index is 1060. The van der Waals surface area contributed by atoms with Gasteiger partial charge in [-0.2, -0.15) is 0 Å². The normalized spacial score (nSPS) is 13.4. The summed E-state index contributed by atoms with van der Waals surface area (Å²) in [6, 6.07) is 9.30. The lowest BCUT2D eigenvalue weighted by molar-refractivity contribution is -0.134. The number of amides is 1. The fraction of sp³-hybridized carbons (Fsp3) is 0.250. The number of thiophene rings is 1. The molecular formula is C20H19N3O3S. The molecule has 0 atom stereocenters. The number of fused-ring (bicyclic) bond motifs is 3. The second kappa shape index (κ2) is 7.36. The Balaban J connectivity index is 1.53. The van der Waals surface area contributed by atoms with Crippen molar-refractivity contribution in [3.8, 4) is 5.75 Å². The molecule has 6 nitrogen and oxygen atoms in total. The van der Waals surface area contributed by atoms with Crippen LogP contribution in [0.15, 0.2) is 54.1 Å².